The molecule has 0 heterocycles. The van der Waals surface area contributed by atoms with Gasteiger partial charge in [-0.25, -0.2) is 8.42 Å². The van der Waals surface area contributed by atoms with E-state index in [9.17, 15) is 8.42 Å². The largest absolute Gasteiger partial charge is 0.399 e. The number of hydrogen-bond acceptors (Lipinski definition) is 3. The van der Waals surface area contributed by atoms with E-state index in [0.29, 0.717) is 11.4 Å². The quantitative estimate of drug-likeness (QED) is 0.877. The molecule has 0 amide bonds. The second-order valence-electron chi connectivity index (χ2n) is 4.17. The van der Waals surface area contributed by atoms with Crippen molar-refractivity contribution >= 4 is 44.6 Å². The van der Waals surface area contributed by atoms with Crippen LogP contribution in [0.3, 0.4) is 0 Å². The van der Waals surface area contributed by atoms with Gasteiger partial charge in [0.2, 0.25) is 0 Å². The van der Waals surface area contributed by atoms with E-state index in [2.05, 4.69) is 0 Å². The van der Waals surface area contributed by atoms with E-state index in [1.54, 1.807) is 24.3 Å². The highest BCUT2D eigenvalue weighted by Gasteiger charge is 2.22. The summed E-state index contributed by atoms with van der Waals surface area (Å²) in [4.78, 5) is 0.0277. The van der Waals surface area contributed by atoms with Crippen LogP contribution in [0.1, 0.15) is 0 Å². The van der Waals surface area contributed by atoms with Crippen LogP contribution in [-0.2, 0) is 10.0 Å². The molecule has 0 unspecified atom stereocenters. The zero-order valence-electron chi connectivity index (χ0n) is 10.5. The molecule has 0 saturated carbocycles. The number of nitrogens with zero attached hydrogens (tertiary/aromatic N) is 1. The fourth-order valence-corrected chi connectivity index (χ4v) is 3.61. The van der Waals surface area contributed by atoms with Gasteiger partial charge in [0.05, 0.1) is 10.6 Å². The van der Waals surface area contributed by atoms with Gasteiger partial charge in [0, 0.05) is 22.8 Å². The molecular weight excluding hydrogens is 319 g/mol. The molecule has 7 heteroatoms. The molecular formula is C13H12Cl2N2O2S. The van der Waals surface area contributed by atoms with Crippen LogP contribution in [0, 0.1) is 0 Å². The van der Waals surface area contributed by atoms with Crippen molar-refractivity contribution in [2.24, 2.45) is 0 Å². The summed E-state index contributed by atoms with van der Waals surface area (Å²) in [5, 5.41) is 0.522. The minimum absolute atomic E-state index is 0.0277. The third kappa shape index (κ3) is 3.00. The van der Waals surface area contributed by atoms with Crippen molar-refractivity contribution in [3.63, 3.8) is 0 Å². The maximum atomic E-state index is 12.5. The highest BCUT2D eigenvalue weighted by Crippen LogP contribution is 2.27. The van der Waals surface area contributed by atoms with E-state index in [0.717, 1.165) is 4.31 Å². The molecule has 0 atom stereocenters. The number of nitrogens with two attached hydrogens (primary N) is 1. The van der Waals surface area contributed by atoms with Crippen LogP contribution >= 0.6 is 23.2 Å². The second-order valence-corrected chi connectivity index (χ2v) is 7.01. The van der Waals surface area contributed by atoms with Crippen molar-refractivity contribution in [2.45, 2.75) is 4.90 Å². The van der Waals surface area contributed by atoms with Gasteiger partial charge in [0.15, 0.2) is 0 Å². The standard InChI is InChI=1S/C13H12Cl2N2O2S/c1-17(12-4-2-3-11(16)8-12)20(18,19)13-6-9(14)5-10(15)7-13/h2-8H,16H2,1H3. The molecule has 0 aliphatic rings. The molecule has 2 rings (SSSR count). The van der Waals surface area contributed by atoms with Crippen LogP contribution in [0.15, 0.2) is 47.4 Å². The lowest BCUT2D eigenvalue weighted by Crippen LogP contribution is -2.26. The maximum absolute atomic E-state index is 12.5. The summed E-state index contributed by atoms with van der Waals surface area (Å²) >= 11 is 11.7. The monoisotopic (exact) mass is 330 g/mol. The zero-order valence-corrected chi connectivity index (χ0v) is 12.9. The van der Waals surface area contributed by atoms with E-state index < -0.39 is 10.0 Å². The summed E-state index contributed by atoms with van der Waals surface area (Å²) in [7, 11) is -2.30. The highest BCUT2D eigenvalue weighted by atomic mass is 35.5. The number of rotatable bonds is 3. The molecule has 0 aromatic heterocycles. The molecule has 4 nitrogen and oxygen atoms in total. The molecule has 0 bridgehead atoms. The van der Waals surface area contributed by atoms with Crippen LogP contribution in [-0.4, -0.2) is 15.5 Å². The summed E-state index contributed by atoms with van der Waals surface area (Å²) in [6.07, 6.45) is 0. The molecule has 2 N–H and O–H groups in total. The van der Waals surface area contributed by atoms with Gasteiger partial charge in [0.1, 0.15) is 0 Å². The second kappa shape index (κ2) is 5.52. The number of benzene rings is 2. The first-order chi connectivity index (χ1) is 9.30. The maximum Gasteiger partial charge on any atom is 0.264 e. The van der Waals surface area contributed by atoms with Crippen molar-refractivity contribution in [3.8, 4) is 0 Å². The zero-order chi connectivity index (χ0) is 14.9. The summed E-state index contributed by atoms with van der Waals surface area (Å²) in [5.74, 6) is 0. The lowest BCUT2D eigenvalue weighted by molar-refractivity contribution is 0.594. The lowest BCUT2D eigenvalue weighted by Gasteiger charge is -2.20. The molecule has 0 fully saturated rings. The van der Waals surface area contributed by atoms with Crippen LogP contribution < -0.4 is 10.0 Å². The van der Waals surface area contributed by atoms with Gasteiger partial charge in [0.25, 0.3) is 10.0 Å². The first kappa shape index (κ1) is 15.0. The fraction of sp³-hybridized carbons (Fsp3) is 0.0769. The first-order valence-electron chi connectivity index (χ1n) is 5.61. The minimum atomic E-state index is -3.74. The smallest absolute Gasteiger partial charge is 0.264 e. The topological polar surface area (TPSA) is 63.4 Å². The molecule has 2 aromatic carbocycles. The predicted molar refractivity (Wildman–Crippen MR) is 82.9 cm³/mol. The summed E-state index contributed by atoms with van der Waals surface area (Å²) < 4.78 is 26.2. The van der Waals surface area contributed by atoms with E-state index in [-0.39, 0.29) is 14.9 Å². The Morgan fingerprint density at radius 2 is 1.65 bits per heavy atom. The van der Waals surface area contributed by atoms with Gasteiger partial charge >= 0.3 is 0 Å². The van der Waals surface area contributed by atoms with Gasteiger partial charge in [-0.15, -0.1) is 0 Å². The van der Waals surface area contributed by atoms with Gasteiger partial charge < -0.3 is 5.73 Å². The fourth-order valence-electron chi connectivity index (χ4n) is 1.70. The van der Waals surface area contributed by atoms with Crippen molar-refractivity contribution in [2.75, 3.05) is 17.1 Å². The van der Waals surface area contributed by atoms with E-state index in [1.165, 1.54) is 25.2 Å². The molecule has 106 valence electrons. The minimum Gasteiger partial charge on any atom is -0.399 e. The number of halogens is 2. The summed E-state index contributed by atoms with van der Waals surface area (Å²) in [5.41, 5.74) is 6.60. The molecule has 0 aliphatic heterocycles. The SMILES string of the molecule is CN(c1cccc(N)c1)S(=O)(=O)c1cc(Cl)cc(Cl)c1. The Bertz CT molecular complexity index is 728. The van der Waals surface area contributed by atoms with Crippen LogP contribution in [0.5, 0.6) is 0 Å². The average molecular weight is 331 g/mol. The third-order valence-corrected chi connectivity index (χ3v) is 4.93. The number of sulfonamides is 1. The van der Waals surface area contributed by atoms with E-state index in [1.807, 2.05) is 0 Å². The van der Waals surface area contributed by atoms with Gasteiger partial charge in [-0.3, -0.25) is 4.31 Å². The van der Waals surface area contributed by atoms with Crippen molar-refractivity contribution in [1.29, 1.82) is 0 Å². The summed E-state index contributed by atoms with van der Waals surface area (Å²) in [6, 6.07) is 10.8. The Labute approximate surface area is 127 Å². The molecule has 0 spiro atoms. The van der Waals surface area contributed by atoms with Crippen LogP contribution in [0.2, 0.25) is 10.0 Å². The molecule has 0 saturated heterocycles. The molecule has 20 heavy (non-hydrogen) atoms. The van der Waals surface area contributed by atoms with Gasteiger partial charge in [-0.2, -0.15) is 0 Å². The van der Waals surface area contributed by atoms with Crippen LogP contribution in [0.4, 0.5) is 11.4 Å². The Morgan fingerprint density at radius 3 is 2.20 bits per heavy atom. The van der Waals surface area contributed by atoms with Gasteiger partial charge in [-0.05, 0) is 36.4 Å². The normalized spacial score (nSPS) is 11.3. The Balaban J connectivity index is 2.49. The molecule has 2 aromatic rings. The third-order valence-electron chi connectivity index (χ3n) is 2.73. The average Bonchev–Trinajstić information content (AvgIpc) is 2.36. The van der Waals surface area contributed by atoms with Gasteiger partial charge in [-0.1, -0.05) is 29.3 Å². The summed E-state index contributed by atoms with van der Waals surface area (Å²) in [6.45, 7) is 0. The Kier molecular flexibility index (Phi) is 4.13. The van der Waals surface area contributed by atoms with Crippen molar-refractivity contribution in [3.05, 3.63) is 52.5 Å². The van der Waals surface area contributed by atoms with Crippen molar-refractivity contribution < 1.29 is 8.42 Å². The highest BCUT2D eigenvalue weighted by molar-refractivity contribution is 7.92. The first-order valence-corrected chi connectivity index (χ1v) is 7.81. The molecule has 0 radical (unpaired) electrons. The van der Waals surface area contributed by atoms with E-state index >= 15 is 0 Å². The number of nitrogen functional groups attached to an aromatic ring is 1. The Morgan fingerprint density at radius 1 is 1.05 bits per heavy atom. The molecule has 0 aliphatic carbocycles. The number of anilines is 2. The number of hydrogen-bond donors (Lipinski definition) is 1. The lowest BCUT2D eigenvalue weighted by atomic mass is 10.3. The van der Waals surface area contributed by atoms with E-state index in [4.69, 9.17) is 28.9 Å². The van der Waals surface area contributed by atoms with Crippen molar-refractivity contribution in [1.82, 2.24) is 0 Å². The Hall–Kier alpha value is -1.43. The van der Waals surface area contributed by atoms with Crippen LogP contribution in [0.25, 0.3) is 0 Å². The predicted octanol–water partition coefficient (Wildman–Crippen LogP) is 3.40.